The number of carbonyl (C=O) groups excluding carboxylic acids is 1. The number of hydrogen-bond acceptors (Lipinski definition) is 5. The van der Waals surface area contributed by atoms with E-state index in [1.165, 1.54) is 16.9 Å². The van der Waals surface area contributed by atoms with Crippen LogP contribution in [0.3, 0.4) is 0 Å². The Labute approximate surface area is 185 Å². The summed E-state index contributed by atoms with van der Waals surface area (Å²) in [5.41, 5.74) is 4.92. The minimum atomic E-state index is -0.152. The summed E-state index contributed by atoms with van der Waals surface area (Å²) in [5.74, 6) is 0.521. The molecule has 2 aromatic carbocycles. The van der Waals surface area contributed by atoms with Gasteiger partial charge in [0.2, 0.25) is 4.80 Å². The van der Waals surface area contributed by atoms with Crippen molar-refractivity contribution in [3.05, 3.63) is 63.8 Å². The van der Waals surface area contributed by atoms with Crippen molar-refractivity contribution < 1.29 is 9.53 Å². The second kappa shape index (κ2) is 8.51. The smallest absolute Gasteiger partial charge is 0.262 e. The highest BCUT2D eigenvalue weighted by Crippen LogP contribution is 2.33. The lowest BCUT2D eigenvalue weighted by Gasteiger charge is -2.18. The number of aromatic nitrogens is 1. The monoisotopic (exact) mass is 434 g/mol. The SMILES string of the molecule is CCN=c1scc(-c2ccc3c(c2)NC(=O)CO3)n1N=Cc1ccc(C(C)(C)C)cc1. The molecule has 0 fully saturated rings. The summed E-state index contributed by atoms with van der Waals surface area (Å²) in [6.45, 7) is 9.33. The summed E-state index contributed by atoms with van der Waals surface area (Å²) in [6, 6.07) is 14.2. The molecule has 0 unspecified atom stereocenters. The molecule has 31 heavy (non-hydrogen) atoms. The van der Waals surface area contributed by atoms with E-state index >= 15 is 0 Å². The molecule has 1 aliphatic rings. The van der Waals surface area contributed by atoms with Gasteiger partial charge >= 0.3 is 0 Å². The molecule has 1 amide bonds. The van der Waals surface area contributed by atoms with Gasteiger partial charge in [0.1, 0.15) is 5.75 Å². The number of carbonyl (C=O) groups is 1. The maximum atomic E-state index is 11.7. The van der Waals surface area contributed by atoms with Crippen molar-refractivity contribution in [2.45, 2.75) is 33.1 Å². The number of rotatable bonds is 4. The minimum Gasteiger partial charge on any atom is -0.482 e. The van der Waals surface area contributed by atoms with Crippen LogP contribution in [0.2, 0.25) is 0 Å². The zero-order valence-electron chi connectivity index (χ0n) is 18.2. The standard InChI is InChI=1S/C24H26N4O2S/c1-5-25-23-28(26-13-16-6-9-18(10-7-16)24(2,3)4)20(15-31-23)17-8-11-21-19(12-17)27-22(29)14-30-21/h6-13,15H,5,14H2,1-4H3,(H,27,29). The van der Waals surface area contributed by atoms with Crippen LogP contribution in [0, 0.1) is 0 Å². The predicted octanol–water partition coefficient (Wildman–Crippen LogP) is 4.65. The minimum absolute atomic E-state index is 0.0443. The first kappa shape index (κ1) is 21.1. The third-order valence-electron chi connectivity index (χ3n) is 4.99. The van der Waals surface area contributed by atoms with Gasteiger partial charge in [0.05, 0.1) is 17.6 Å². The summed E-state index contributed by atoms with van der Waals surface area (Å²) in [5, 5.41) is 9.63. The fourth-order valence-corrected chi connectivity index (χ4v) is 4.19. The molecule has 0 atom stereocenters. The van der Waals surface area contributed by atoms with Gasteiger partial charge in [-0.05, 0) is 41.7 Å². The van der Waals surface area contributed by atoms with Crippen LogP contribution in [0.1, 0.15) is 38.8 Å². The highest BCUT2D eigenvalue weighted by molar-refractivity contribution is 7.07. The van der Waals surface area contributed by atoms with E-state index in [0.717, 1.165) is 21.6 Å². The molecule has 4 rings (SSSR count). The Kier molecular flexibility index (Phi) is 5.78. The molecule has 0 bridgehead atoms. The Morgan fingerprint density at radius 2 is 1.97 bits per heavy atom. The average Bonchev–Trinajstić information content (AvgIpc) is 3.14. The number of nitrogens with zero attached hydrogens (tertiary/aromatic N) is 3. The van der Waals surface area contributed by atoms with Gasteiger partial charge in [0.25, 0.3) is 5.91 Å². The topological polar surface area (TPSA) is 68.0 Å². The normalized spacial score (nSPS) is 14.5. The lowest BCUT2D eigenvalue weighted by Crippen LogP contribution is -2.25. The molecule has 1 N–H and O–H groups in total. The highest BCUT2D eigenvalue weighted by Gasteiger charge is 2.18. The number of fused-ring (bicyclic) bond motifs is 1. The Morgan fingerprint density at radius 1 is 1.19 bits per heavy atom. The van der Waals surface area contributed by atoms with Gasteiger partial charge in [0, 0.05) is 17.5 Å². The number of nitrogens with one attached hydrogen (secondary N) is 1. The van der Waals surface area contributed by atoms with Crippen molar-refractivity contribution in [1.82, 2.24) is 4.68 Å². The van der Waals surface area contributed by atoms with Crippen molar-refractivity contribution in [3.8, 4) is 17.0 Å². The van der Waals surface area contributed by atoms with Crippen LogP contribution in [0.25, 0.3) is 11.3 Å². The molecule has 3 aromatic rings. The van der Waals surface area contributed by atoms with Gasteiger partial charge in [-0.25, -0.2) is 4.68 Å². The molecule has 1 aliphatic heterocycles. The molecule has 6 nitrogen and oxygen atoms in total. The van der Waals surface area contributed by atoms with Crippen LogP contribution < -0.4 is 14.9 Å². The van der Waals surface area contributed by atoms with Crippen LogP contribution in [-0.2, 0) is 10.2 Å². The summed E-state index contributed by atoms with van der Waals surface area (Å²) >= 11 is 1.54. The second-order valence-electron chi connectivity index (χ2n) is 8.35. The summed E-state index contributed by atoms with van der Waals surface area (Å²) in [7, 11) is 0. The Morgan fingerprint density at radius 3 is 2.68 bits per heavy atom. The maximum absolute atomic E-state index is 11.7. The molecular formula is C24H26N4O2S. The molecule has 0 spiro atoms. The lowest BCUT2D eigenvalue weighted by atomic mass is 9.87. The molecule has 1 aromatic heterocycles. The van der Waals surface area contributed by atoms with Crippen LogP contribution in [-0.4, -0.2) is 29.9 Å². The number of amides is 1. The Bertz CT molecular complexity index is 1200. The van der Waals surface area contributed by atoms with Crippen molar-refractivity contribution in [2.75, 3.05) is 18.5 Å². The van der Waals surface area contributed by atoms with E-state index in [-0.39, 0.29) is 17.9 Å². The van der Waals surface area contributed by atoms with E-state index in [0.29, 0.717) is 18.0 Å². The molecule has 0 aliphatic carbocycles. The van der Waals surface area contributed by atoms with Gasteiger partial charge in [-0.1, -0.05) is 45.0 Å². The van der Waals surface area contributed by atoms with E-state index in [2.05, 4.69) is 55.3 Å². The number of hydrogen-bond donors (Lipinski definition) is 1. The second-order valence-corrected chi connectivity index (χ2v) is 9.19. The largest absolute Gasteiger partial charge is 0.482 e. The van der Waals surface area contributed by atoms with Gasteiger partial charge in [-0.15, -0.1) is 11.3 Å². The molecule has 160 valence electrons. The molecule has 0 saturated heterocycles. The van der Waals surface area contributed by atoms with Crippen molar-refractivity contribution in [2.24, 2.45) is 10.1 Å². The number of thiazole rings is 1. The third-order valence-corrected chi connectivity index (χ3v) is 5.84. The van der Waals surface area contributed by atoms with E-state index < -0.39 is 0 Å². The summed E-state index contributed by atoms with van der Waals surface area (Å²) < 4.78 is 7.32. The van der Waals surface area contributed by atoms with Gasteiger partial charge in [-0.3, -0.25) is 9.79 Å². The van der Waals surface area contributed by atoms with Crippen LogP contribution in [0.4, 0.5) is 5.69 Å². The molecule has 0 saturated carbocycles. The average molecular weight is 435 g/mol. The first-order valence-electron chi connectivity index (χ1n) is 10.3. The first-order valence-corrected chi connectivity index (χ1v) is 11.2. The van der Waals surface area contributed by atoms with Crippen molar-refractivity contribution >= 4 is 29.1 Å². The fraction of sp³-hybridized carbons (Fsp3) is 0.292. The molecular weight excluding hydrogens is 408 g/mol. The van der Waals surface area contributed by atoms with E-state index in [9.17, 15) is 4.79 Å². The van der Waals surface area contributed by atoms with Gasteiger partial charge in [-0.2, -0.15) is 5.10 Å². The molecule has 7 heteroatoms. The predicted molar refractivity (Wildman–Crippen MR) is 126 cm³/mol. The number of ether oxygens (including phenoxy) is 1. The molecule has 0 radical (unpaired) electrons. The van der Waals surface area contributed by atoms with E-state index in [1.807, 2.05) is 41.4 Å². The summed E-state index contributed by atoms with van der Waals surface area (Å²) in [4.78, 5) is 17.1. The van der Waals surface area contributed by atoms with Crippen molar-refractivity contribution in [1.29, 1.82) is 0 Å². The zero-order chi connectivity index (χ0) is 22.0. The van der Waals surface area contributed by atoms with Crippen LogP contribution >= 0.6 is 11.3 Å². The van der Waals surface area contributed by atoms with E-state index in [4.69, 9.17) is 9.84 Å². The Hall–Kier alpha value is -3.19. The number of anilines is 1. The van der Waals surface area contributed by atoms with Gasteiger partial charge in [0.15, 0.2) is 6.61 Å². The quantitative estimate of drug-likeness (QED) is 0.608. The first-order chi connectivity index (χ1) is 14.8. The zero-order valence-corrected chi connectivity index (χ0v) is 19.0. The van der Waals surface area contributed by atoms with Gasteiger partial charge < -0.3 is 10.1 Å². The third kappa shape index (κ3) is 4.61. The fourth-order valence-electron chi connectivity index (χ4n) is 3.29. The van der Waals surface area contributed by atoms with Crippen LogP contribution in [0.5, 0.6) is 5.75 Å². The Balaban J connectivity index is 1.71. The van der Waals surface area contributed by atoms with E-state index in [1.54, 1.807) is 0 Å². The number of benzene rings is 2. The lowest BCUT2D eigenvalue weighted by molar-refractivity contribution is -0.118. The highest BCUT2D eigenvalue weighted by atomic mass is 32.1. The van der Waals surface area contributed by atoms with Crippen LogP contribution in [0.15, 0.2) is 57.9 Å². The van der Waals surface area contributed by atoms with Crippen molar-refractivity contribution in [3.63, 3.8) is 0 Å². The molecule has 2 heterocycles. The summed E-state index contributed by atoms with van der Waals surface area (Å²) in [6.07, 6.45) is 1.85. The maximum Gasteiger partial charge on any atom is 0.262 e.